The van der Waals surface area contributed by atoms with Crippen LogP contribution in [0.3, 0.4) is 0 Å². The highest BCUT2D eigenvalue weighted by atomic mass is 32.2. The maximum absolute atomic E-state index is 13.9. The normalized spacial score (nSPS) is 12.8. The Morgan fingerprint density at radius 2 is 1.90 bits per heavy atom. The van der Waals surface area contributed by atoms with Gasteiger partial charge in [0.2, 0.25) is 5.91 Å². The molecule has 4 aromatic rings. The van der Waals surface area contributed by atoms with Gasteiger partial charge in [0.05, 0.1) is 31.4 Å². The average molecular weight is 564 g/mol. The Morgan fingerprint density at radius 3 is 2.69 bits per heavy atom. The zero-order chi connectivity index (χ0) is 27.5. The van der Waals surface area contributed by atoms with Crippen LogP contribution >= 0.6 is 23.1 Å². The lowest BCUT2D eigenvalue weighted by Gasteiger charge is -2.29. The molecule has 0 atom stereocenters. The van der Waals surface area contributed by atoms with Crippen molar-refractivity contribution in [2.24, 2.45) is 0 Å². The highest BCUT2D eigenvalue weighted by Crippen LogP contribution is 2.32. The molecule has 0 N–H and O–H groups in total. The molecule has 8 nitrogen and oxygen atoms in total. The second-order valence-electron chi connectivity index (χ2n) is 9.12. The topological polar surface area (TPSA) is 90.7 Å². The fraction of sp³-hybridized carbons (Fsp3) is 0.310. The monoisotopic (exact) mass is 563 g/mol. The first-order chi connectivity index (χ1) is 18.9. The van der Waals surface area contributed by atoms with E-state index in [1.807, 2.05) is 47.4 Å². The van der Waals surface area contributed by atoms with Crippen molar-refractivity contribution in [3.63, 3.8) is 0 Å². The molecule has 3 heterocycles. The first kappa shape index (κ1) is 27.0. The molecule has 0 unspecified atom stereocenters. The Morgan fingerprint density at radius 1 is 1.13 bits per heavy atom. The van der Waals surface area contributed by atoms with Gasteiger partial charge in [-0.2, -0.15) is 0 Å². The number of thioether (sulfide) groups is 1. The standard InChI is InChI=1S/C29H29N3O5S2/c1-4-37-28(35)25-18(2)24-26(39-25)30-29(32(27(24)34)16-20-11-6-8-14-22(20)36-3)38-17-23(33)31-15-9-12-19-10-5-7-13-21(19)31/h5-8,10-11,13-14H,4,9,12,15-17H2,1-3H3. The van der Waals surface area contributed by atoms with Crippen molar-refractivity contribution in [2.45, 2.75) is 38.4 Å². The lowest BCUT2D eigenvalue weighted by molar-refractivity contribution is -0.116. The predicted molar refractivity (Wildman–Crippen MR) is 155 cm³/mol. The summed E-state index contributed by atoms with van der Waals surface area (Å²) in [7, 11) is 1.59. The summed E-state index contributed by atoms with van der Waals surface area (Å²) in [5, 5.41) is 0.798. The summed E-state index contributed by atoms with van der Waals surface area (Å²) in [6.07, 6.45) is 1.85. The Bertz CT molecular complexity index is 1610. The van der Waals surface area contributed by atoms with E-state index < -0.39 is 5.97 Å². The van der Waals surface area contributed by atoms with Crippen molar-refractivity contribution in [3.05, 3.63) is 80.5 Å². The van der Waals surface area contributed by atoms with Gasteiger partial charge < -0.3 is 14.4 Å². The summed E-state index contributed by atoms with van der Waals surface area (Å²) in [6.45, 7) is 4.58. The molecule has 1 amide bonds. The molecule has 0 saturated heterocycles. The van der Waals surface area contributed by atoms with E-state index in [0.717, 1.165) is 41.0 Å². The number of esters is 1. The van der Waals surface area contributed by atoms with Crippen LogP contribution in [0, 0.1) is 6.92 Å². The summed E-state index contributed by atoms with van der Waals surface area (Å²) in [5.74, 6) is 0.255. The van der Waals surface area contributed by atoms with Crippen molar-refractivity contribution < 1.29 is 19.1 Å². The van der Waals surface area contributed by atoms with Crippen LogP contribution in [-0.2, 0) is 22.5 Å². The maximum atomic E-state index is 13.9. The molecule has 10 heteroatoms. The number of rotatable bonds is 8. The van der Waals surface area contributed by atoms with E-state index in [4.69, 9.17) is 14.5 Å². The lowest BCUT2D eigenvalue weighted by Crippen LogP contribution is -2.36. The molecule has 39 heavy (non-hydrogen) atoms. The first-order valence-electron chi connectivity index (χ1n) is 12.8. The third-order valence-corrected chi connectivity index (χ3v) is 8.86. The van der Waals surface area contributed by atoms with Crippen molar-refractivity contribution >= 4 is 50.9 Å². The first-order valence-corrected chi connectivity index (χ1v) is 14.6. The lowest BCUT2D eigenvalue weighted by atomic mass is 10.0. The van der Waals surface area contributed by atoms with E-state index in [-0.39, 0.29) is 30.4 Å². The highest BCUT2D eigenvalue weighted by molar-refractivity contribution is 7.99. The van der Waals surface area contributed by atoms with Crippen LogP contribution in [0.4, 0.5) is 5.69 Å². The maximum Gasteiger partial charge on any atom is 0.348 e. The van der Waals surface area contributed by atoms with Gasteiger partial charge in [0, 0.05) is 17.8 Å². The zero-order valence-electron chi connectivity index (χ0n) is 22.1. The van der Waals surface area contributed by atoms with Crippen molar-refractivity contribution in [2.75, 3.05) is 30.9 Å². The fourth-order valence-corrected chi connectivity index (χ4v) is 6.83. The van der Waals surface area contributed by atoms with Gasteiger partial charge in [-0.25, -0.2) is 9.78 Å². The van der Waals surface area contributed by atoms with Gasteiger partial charge in [-0.05, 0) is 49.9 Å². The van der Waals surface area contributed by atoms with E-state index in [1.54, 1.807) is 25.5 Å². The molecule has 202 valence electrons. The summed E-state index contributed by atoms with van der Waals surface area (Å²) >= 11 is 2.37. The number of hydrogen-bond acceptors (Lipinski definition) is 8. The Hall–Kier alpha value is -3.63. The molecule has 5 rings (SSSR count). The quantitative estimate of drug-likeness (QED) is 0.168. The van der Waals surface area contributed by atoms with Crippen LogP contribution in [0.2, 0.25) is 0 Å². The van der Waals surface area contributed by atoms with E-state index in [9.17, 15) is 14.4 Å². The Labute approximate surface area is 234 Å². The molecule has 1 aliphatic rings. The Kier molecular flexibility index (Phi) is 8.04. The van der Waals surface area contributed by atoms with Crippen molar-refractivity contribution in [3.8, 4) is 5.75 Å². The van der Waals surface area contributed by atoms with Gasteiger partial charge in [-0.3, -0.25) is 14.2 Å². The van der Waals surface area contributed by atoms with Crippen molar-refractivity contribution in [1.82, 2.24) is 9.55 Å². The van der Waals surface area contributed by atoms with Gasteiger partial charge in [0.25, 0.3) is 5.56 Å². The number of benzene rings is 2. The number of carbonyl (C=O) groups excluding carboxylic acids is 2. The number of fused-ring (bicyclic) bond motifs is 2. The van der Waals surface area contributed by atoms with Crippen LogP contribution in [-0.4, -0.2) is 47.4 Å². The number of nitrogens with zero attached hydrogens (tertiary/aromatic N) is 3. The van der Waals surface area contributed by atoms with Crippen LogP contribution in [0.15, 0.2) is 58.5 Å². The smallest absolute Gasteiger partial charge is 0.348 e. The van der Waals surface area contributed by atoms with Gasteiger partial charge in [0.15, 0.2) is 5.16 Å². The molecule has 0 saturated carbocycles. The van der Waals surface area contributed by atoms with Gasteiger partial charge in [0.1, 0.15) is 15.5 Å². The number of thiophene rings is 1. The average Bonchev–Trinajstić information content (AvgIpc) is 3.29. The second kappa shape index (κ2) is 11.6. The molecule has 0 spiro atoms. The summed E-state index contributed by atoms with van der Waals surface area (Å²) < 4.78 is 12.3. The molecule has 0 fully saturated rings. The number of amides is 1. The largest absolute Gasteiger partial charge is 0.496 e. The fourth-order valence-electron chi connectivity index (χ4n) is 4.84. The summed E-state index contributed by atoms with van der Waals surface area (Å²) in [4.78, 5) is 47.3. The molecule has 0 bridgehead atoms. The minimum Gasteiger partial charge on any atom is -0.496 e. The van der Waals surface area contributed by atoms with Gasteiger partial charge in [-0.1, -0.05) is 48.2 Å². The minimum atomic E-state index is -0.471. The third-order valence-electron chi connectivity index (χ3n) is 6.73. The molecule has 0 aliphatic carbocycles. The van der Waals surface area contributed by atoms with E-state index in [0.29, 0.717) is 38.1 Å². The van der Waals surface area contributed by atoms with Crippen LogP contribution in [0.1, 0.15) is 39.7 Å². The number of hydrogen-bond donors (Lipinski definition) is 0. The molecule has 2 aromatic carbocycles. The molecule has 0 radical (unpaired) electrons. The van der Waals surface area contributed by atoms with Gasteiger partial charge in [-0.15, -0.1) is 11.3 Å². The second-order valence-corrected chi connectivity index (χ2v) is 11.1. The number of aromatic nitrogens is 2. The SMILES string of the molecule is CCOC(=O)c1sc2nc(SCC(=O)N3CCCc4ccccc43)n(Cc3ccccc3OC)c(=O)c2c1C. The third kappa shape index (κ3) is 5.31. The minimum absolute atomic E-state index is 0.0417. The highest BCUT2D eigenvalue weighted by Gasteiger charge is 2.25. The van der Waals surface area contributed by atoms with E-state index >= 15 is 0 Å². The van der Waals surface area contributed by atoms with E-state index in [1.165, 1.54) is 11.8 Å². The Balaban J connectivity index is 1.54. The number of para-hydroxylation sites is 2. The number of ether oxygens (including phenoxy) is 2. The predicted octanol–water partition coefficient (Wildman–Crippen LogP) is 5.07. The van der Waals surface area contributed by atoms with Crippen LogP contribution in [0.5, 0.6) is 5.75 Å². The van der Waals surface area contributed by atoms with Crippen LogP contribution in [0.25, 0.3) is 10.2 Å². The number of methoxy groups -OCH3 is 1. The van der Waals surface area contributed by atoms with Crippen molar-refractivity contribution in [1.29, 1.82) is 0 Å². The van der Waals surface area contributed by atoms with Crippen LogP contribution < -0.4 is 15.2 Å². The number of aryl methyl sites for hydroxylation is 2. The molecule has 1 aliphatic heterocycles. The number of carbonyl (C=O) groups is 2. The molecular formula is C29H29N3O5S2. The molecule has 2 aromatic heterocycles. The van der Waals surface area contributed by atoms with E-state index in [2.05, 4.69) is 6.07 Å². The molecular weight excluding hydrogens is 534 g/mol. The summed E-state index contributed by atoms with van der Waals surface area (Å²) in [5.41, 5.74) is 3.19. The van der Waals surface area contributed by atoms with Gasteiger partial charge >= 0.3 is 5.97 Å². The summed E-state index contributed by atoms with van der Waals surface area (Å²) in [6, 6.07) is 15.4. The zero-order valence-corrected chi connectivity index (χ0v) is 23.7. The number of anilines is 1.